The normalized spacial score (nSPS) is 21.9. The quantitative estimate of drug-likeness (QED) is 0.804. The summed E-state index contributed by atoms with van der Waals surface area (Å²) < 4.78 is 5.65. The lowest BCUT2D eigenvalue weighted by Crippen LogP contribution is -2.45. The SMILES string of the molecule is Cc1ccc(C(=O)NC2CCOC(C)(C)C2)c(N)c1. The first-order chi connectivity index (χ1) is 8.87. The van der Waals surface area contributed by atoms with Gasteiger partial charge < -0.3 is 15.8 Å². The van der Waals surface area contributed by atoms with E-state index in [0.717, 1.165) is 18.4 Å². The predicted octanol–water partition coefficient (Wildman–Crippen LogP) is 2.26. The van der Waals surface area contributed by atoms with E-state index in [1.54, 1.807) is 6.07 Å². The van der Waals surface area contributed by atoms with Crippen molar-refractivity contribution in [1.82, 2.24) is 5.32 Å². The third-order valence-corrected chi connectivity index (χ3v) is 3.48. The second kappa shape index (κ2) is 5.21. The summed E-state index contributed by atoms with van der Waals surface area (Å²) in [6, 6.07) is 5.66. The Bertz CT molecular complexity index is 483. The Labute approximate surface area is 114 Å². The third-order valence-electron chi connectivity index (χ3n) is 3.48. The van der Waals surface area contributed by atoms with Gasteiger partial charge in [0.25, 0.3) is 5.91 Å². The lowest BCUT2D eigenvalue weighted by molar-refractivity contribution is -0.0615. The van der Waals surface area contributed by atoms with Gasteiger partial charge in [0.05, 0.1) is 11.2 Å². The largest absolute Gasteiger partial charge is 0.398 e. The molecule has 4 heteroatoms. The van der Waals surface area contributed by atoms with Gasteiger partial charge in [-0.1, -0.05) is 6.07 Å². The standard InChI is InChI=1S/C15H22N2O2/c1-10-4-5-12(13(16)8-10)14(18)17-11-6-7-19-15(2,3)9-11/h4-5,8,11H,6-7,9,16H2,1-3H3,(H,17,18). The van der Waals surface area contributed by atoms with Crippen molar-refractivity contribution in [2.75, 3.05) is 12.3 Å². The number of rotatable bonds is 2. The van der Waals surface area contributed by atoms with Crippen molar-refractivity contribution < 1.29 is 9.53 Å². The van der Waals surface area contributed by atoms with Crippen molar-refractivity contribution >= 4 is 11.6 Å². The number of benzene rings is 1. The Morgan fingerprint density at radius 2 is 2.21 bits per heavy atom. The molecule has 0 aromatic heterocycles. The molecule has 1 fully saturated rings. The topological polar surface area (TPSA) is 64.3 Å². The number of anilines is 1. The number of nitrogen functional groups attached to an aromatic ring is 1. The summed E-state index contributed by atoms with van der Waals surface area (Å²) in [7, 11) is 0. The summed E-state index contributed by atoms with van der Waals surface area (Å²) in [4.78, 5) is 12.2. The molecule has 0 aliphatic carbocycles. The maximum Gasteiger partial charge on any atom is 0.253 e. The van der Waals surface area contributed by atoms with Gasteiger partial charge in [-0.25, -0.2) is 0 Å². The molecule has 104 valence electrons. The zero-order valence-corrected chi connectivity index (χ0v) is 11.8. The molecule has 1 amide bonds. The minimum Gasteiger partial charge on any atom is -0.398 e. The van der Waals surface area contributed by atoms with Crippen LogP contribution in [0, 0.1) is 6.92 Å². The Morgan fingerprint density at radius 3 is 2.84 bits per heavy atom. The average Bonchev–Trinajstić information content (AvgIpc) is 2.27. The summed E-state index contributed by atoms with van der Waals surface area (Å²) >= 11 is 0. The lowest BCUT2D eigenvalue weighted by Gasteiger charge is -2.35. The maximum absolute atomic E-state index is 12.2. The summed E-state index contributed by atoms with van der Waals surface area (Å²) in [6.07, 6.45) is 1.67. The Balaban J connectivity index is 2.04. The third kappa shape index (κ3) is 3.47. The van der Waals surface area contributed by atoms with Crippen molar-refractivity contribution in [3.63, 3.8) is 0 Å². The van der Waals surface area contributed by atoms with Gasteiger partial charge in [0.1, 0.15) is 0 Å². The molecule has 0 saturated carbocycles. The fraction of sp³-hybridized carbons (Fsp3) is 0.533. The molecule has 19 heavy (non-hydrogen) atoms. The molecular formula is C15H22N2O2. The zero-order chi connectivity index (χ0) is 14.0. The van der Waals surface area contributed by atoms with E-state index in [1.807, 2.05) is 32.9 Å². The lowest BCUT2D eigenvalue weighted by atomic mass is 9.93. The summed E-state index contributed by atoms with van der Waals surface area (Å²) in [5.74, 6) is -0.0970. The molecule has 1 saturated heterocycles. The van der Waals surface area contributed by atoms with Crippen LogP contribution in [0.2, 0.25) is 0 Å². The van der Waals surface area contributed by atoms with Crippen LogP contribution >= 0.6 is 0 Å². The van der Waals surface area contributed by atoms with Crippen molar-refractivity contribution in [2.45, 2.75) is 45.3 Å². The molecule has 3 N–H and O–H groups in total. The number of ether oxygens (including phenoxy) is 1. The van der Waals surface area contributed by atoms with Gasteiger partial charge in [-0.05, 0) is 51.3 Å². The van der Waals surface area contributed by atoms with E-state index in [1.165, 1.54) is 0 Å². The highest BCUT2D eigenvalue weighted by Crippen LogP contribution is 2.24. The van der Waals surface area contributed by atoms with Crippen LogP contribution in [0.15, 0.2) is 18.2 Å². The van der Waals surface area contributed by atoms with E-state index in [-0.39, 0.29) is 17.6 Å². The second-order valence-corrected chi connectivity index (χ2v) is 5.86. The molecule has 2 rings (SSSR count). The fourth-order valence-corrected chi connectivity index (χ4v) is 2.51. The number of hydrogen-bond donors (Lipinski definition) is 2. The Kier molecular flexibility index (Phi) is 3.80. The highest BCUT2D eigenvalue weighted by molar-refractivity contribution is 5.99. The minimum atomic E-state index is -0.172. The number of hydrogen-bond acceptors (Lipinski definition) is 3. The van der Waals surface area contributed by atoms with Gasteiger partial charge in [0.2, 0.25) is 0 Å². The van der Waals surface area contributed by atoms with Crippen LogP contribution in [0.5, 0.6) is 0 Å². The molecule has 1 aromatic carbocycles. The highest BCUT2D eigenvalue weighted by Gasteiger charge is 2.30. The first-order valence-electron chi connectivity index (χ1n) is 6.68. The van der Waals surface area contributed by atoms with E-state index in [2.05, 4.69) is 5.32 Å². The van der Waals surface area contributed by atoms with Crippen molar-refractivity contribution in [2.24, 2.45) is 0 Å². The van der Waals surface area contributed by atoms with Crippen LogP contribution in [-0.2, 0) is 4.74 Å². The van der Waals surface area contributed by atoms with Gasteiger partial charge >= 0.3 is 0 Å². The van der Waals surface area contributed by atoms with E-state index >= 15 is 0 Å². The fourth-order valence-electron chi connectivity index (χ4n) is 2.51. The molecule has 0 radical (unpaired) electrons. The van der Waals surface area contributed by atoms with Crippen LogP contribution in [0.1, 0.15) is 42.6 Å². The molecule has 1 unspecified atom stereocenters. The minimum absolute atomic E-state index is 0.0970. The molecular weight excluding hydrogens is 240 g/mol. The van der Waals surface area contributed by atoms with E-state index in [4.69, 9.17) is 10.5 Å². The molecule has 0 spiro atoms. The molecule has 1 aliphatic rings. The van der Waals surface area contributed by atoms with Gasteiger partial charge in [0, 0.05) is 18.3 Å². The van der Waals surface area contributed by atoms with Gasteiger partial charge in [-0.3, -0.25) is 4.79 Å². The van der Waals surface area contributed by atoms with Gasteiger partial charge in [0.15, 0.2) is 0 Å². The van der Waals surface area contributed by atoms with Gasteiger partial charge in [-0.15, -0.1) is 0 Å². The van der Waals surface area contributed by atoms with Crippen LogP contribution in [0.4, 0.5) is 5.69 Å². The second-order valence-electron chi connectivity index (χ2n) is 5.86. The van der Waals surface area contributed by atoms with Crippen LogP contribution in [0.25, 0.3) is 0 Å². The number of carbonyl (C=O) groups is 1. The van der Waals surface area contributed by atoms with E-state index in [0.29, 0.717) is 17.9 Å². The van der Waals surface area contributed by atoms with E-state index in [9.17, 15) is 4.79 Å². The van der Waals surface area contributed by atoms with Crippen molar-refractivity contribution in [3.05, 3.63) is 29.3 Å². The number of amides is 1. The Hall–Kier alpha value is -1.55. The molecule has 1 atom stereocenters. The van der Waals surface area contributed by atoms with Crippen LogP contribution < -0.4 is 11.1 Å². The van der Waals surface area contributed by atoms with Crippen LogP contribution in [0.3, 0.4) is 0 Å². The highest BCUT2D eigenvalue weighted by atomic mass is 16.5. The molecule has 1 aliphatic heterocycles. The van der Waals surface area contributed by atoms with E-state index < -0.39 is 0 Å². The monoisotopic (exact) mass is 262 g/mol. The molecule has 0 bridgehead atoms. The van der Waals surface area contributed by atoms with Crippen molar-refractivity contribution in [1.29, 1.82) is 0 Å². The number of carbonyl (C=O) groups excluding carboxylic acids is 1. The predicted molar refractivity (Wildman–Crippen MR) is 76.1 cm³/mol. The first kappa shape index (κ1) is 13.9. The first-order valence-corrected chi connectivity index (χ1v) is 6.68. The maximum atomic E-state index is 12.2. The number of nitrogens with two attached hydrogens (primary N) is 1. The number of aryl methyl sites for hydroxylation is 1. The molecule has 1 aromatic rings. The summed E-state index contributed by atoms with van der Waals surface area (Å²) in [5.41, 5.74) is 7.86. The zero-order valence-electron chi connectivity index (χ0n) is 11.8. The van der Waals surface area contributed by atoms with Crippen LogP contribution in [-0.4, -0.2) is 24.2 Å². The average molecular weight is 262 g/mol. The smallest absolute Gasteiger partial charge is 0.253 e. The Morgan fingerprint density at radius 1 is 1.47 bits per heavy atom. The summed E-state index contributed by atoms with van der Waals surface area (Å²) in [5, 5.41) is 3.05. The van der Waals surface area contributed by atoms with Crippen molar-refractivity contribution in [3.8, 4) is 0 Å². The van der Waals surface area contributed by atoms with Gasteiger partial charge in [-0.2, -0.15) is 0 Å². The molecule has 4 nitrogen and oxygen atoms in total. The molecule has 1 heterocycles. The number of nitrogens with one attached hydrogen (secondary N) is 1. The summed E-state index contributed by atoms with van der Waals surface area (Å²) in [6.45, 7) is 6.73.